The zero-order valence-corrected chi connectivity index (χ0v) is 13.5. The third kappa shape index (κ3) is 3.87. The normalized spacial score (nSPS) is 12.0. The van der Waals surface area contributed by atoms with Crippen LogP contribution in [0.15, 0.2) is 28.8 Å². The van der Waals surface area contributed by atoms with E-state index in [1.807, 2.05) is 52.0 Å². The molecule has 2 rings (SSSR count). The number of hydrogen-bond donors (Lipinski definition) is 1. The van der Waals surface area contributed by atoms with Crippen molar-refractivity contribution in [1.29, 1.82) is 0 Å². The fraction of sp³-hybridized carbons (Fsp3) is 0.412. The molecule has 0 aliphatic rings. The van der Waals surface area contributed by atoms with Crippen molar-refractivity contribution in [3.05, 3.63) is 46.8 Å². The van der Waals surface area contributed by atoms with Crippen LogP contribution in [0.25, 0.3) is 0 Å². The predicted molar refractivity (Wildman–Crippen MR) is 83.8 cm³/mol. The minimum absolute atomic E-state index is 0.0521. The topological polar surface area (TPSA) is 64.4 Å². The summed E-state index contributed by atoms with van der Waals surface area (Å²) < 4.78 is 10.6. The molecule has 0 fully saturated rings. The maximum absolute atomic E-state index is 12.2. The standard InChI is InChI=1S/C17H22N2O3/c1-5-21-15-8-6-7-14(9-15)11(2)18-17(20)10-16-12(3)19-22-13(16)4/h6-9,11H,5,10H2,1-4H3,(H,18,20)/t11-/m0/s1. The van der Waals surface area contributed by atoms with Gasteiger partial charge in [0.25, 0.3) is 0 Å². The Kier molecular flexibility index (Phi) is 5.20. The van der Waals surface area contributed by atoms with E-state index in [9.17, 15) is 4.79 Å². The number of rotatable bonds is 6. The van der Waals surface area contributed by atoms with Crippen molar-refractivity contribution in [2.45, 2.75) is 40.2 Å². The van der Waals surface area contributed by atoms with Gasteiger partial charge in [-0.2, -0.15) is 0 Å². The number of amides is 1. The van der Waals surface area contributed by atoms with E-state index in [1.165, 1.54) is 0 Å². The molecule has 0 unspecified atom stereocenters. The van der Waals surface area contributed by atoms with Gasteiger partial charge < -0.3 is 14.6 Å². The number of nitrogens with zero attached hydrogens (tertiary/aromatic N) is 1. The summed E-state index contributed by atoms with van der Waals surface area (Å²) in [6.45, 7) is 8.18. The number of ether oxygens (including phenoxy) is 1. The number of carbonyl (C=O) groups excluding carboxylic acids is 1. The highest BCUT2D eigenvalue weighted by atomic mass is 16.5. The fourth-order valence-corrected chi connectivity index (χ4v) is 2.33. The lowest BCUT2D eigenvalue weighted by atomic mass is 10.1. The van der Waals surface area contributed by atoms with Gasteiger partial charge in [0.15, 0.2) is 0 Å². The molecule has 2 aromatic rings. The van der Waals surface area contributed by atoms with Gasteiger partial charge in [0.05, 0.1) is 24.8 Å². The lowest BCUT2D eigenvalue weighted by molar-refractivity contribution is -0.121. The minimum Gasteiger partial charge on any atom is -0.494 e. The van der Waals surface area contributed by atoms with Crippen LogP contribution in [0, 0.1) is 13.8 Å². The van der Waals surface area contributed by atoms with Crippen molar-refractivity contribution >= 4 is 5.91 Å². The van der Waals surface area contributed by atoms with Crippen LogP contribution in [0.1, 0.15) is 42.5 Å². The zero-order valence-electron chi connectivity index (χ0n) is 13.5. The first kappa shape index (κ1) is 16.1. The van der Waals surface area contributed by atoms with E-state index in [1.54, 1.807) is 0 Å². The molecule has 0 spiro atoms. The van der Waals surface area contributed by atoms with E-state index >= 15 is 0 Å². The van der Waals surface area contributed by atoms with E-state index < -0.39 is 0 Å². The summed E-state index contributed by atoms with van der Waals surface area (Å²) in [5.74, 6) is 1.45. The lowest BCUT2D eigenvalue weighted by Gasteiger charge is -2.15. The number of nitrogens with one attached hydrogen (secondary N) is 1. The van der Waals surface area contributed by atoms with Crippen LogP contribution in [0.3, 0.4) is 0 Å². The molecule has 0 aliphatic carbocycles. The maximum atomic E-state index is 12.2. The van der Waals surface area contributed by atoms with Crippen LogP contribution >= 0.6 is 0 Å². The SMILES string of the molecule is CCOc1cccc([C@H](C)NC(=O)Cc2c(C)noc2C)c1. The van der Waals surface area contributed by atoms with Crippen molar-refractivity contribution in [2.24, 2.45) is 0 Å². The Morgan fingerprint density at radius 3 is 2.82 bits per heavy atom. The lowest BCUT2D eigenvalue weighted by Crippen LogP contribution is -2.28. The molecule has 1 heterocycles. The second kappa shape index (κ2) is 7.11. The monoisotopic (exact) mass is 302 g/mol. The third-order valence-corrected chi connectivity index (χ3v) is 3.57. The van der Waals surface area contributed by atoms with Crippen LogP contribution in [-0.2, 0) is 11.2 Å². The number of hydrogen-bond acceptors (Lipinski definition) is 4. The molecule has 1 aromatic heterocycles. The first-order valence-electron chi connectivity index (χ1n) is 7.45. The Bertz CT molecular complexity index is 630. The van der Waals surface area contributed by atoms with Crippen molar-refractivity contribution < 1.29 is 14.1 Å². The molecule has 0 saturated carbocycles. The highest BCUT2D eigenvalue weighted by Gasteiger charge is 2.16. The Morgan fingerprint density at radius 1 is 1.41 bits per heavy atom. The molecule has 1 aromatic carbocycles. The fourth-order valence-electron chi connectivity index (χ4n) is 2.33. The quantitative estimate of drug-likeness (QED) is 0.890. The molecule has 1 atom stereocenters. The number of carbonyl (C=O) groups is 1. The summed E-state index contributed by atoms with van der Waals surface area (Å²) in [5, 5.41) is 6.86. The van der Waals surface area contributed by atoms with Crippen LogP contribution in [0.5, 0.6) is 5.75 Å². The summed E-state index contributed by atoms with van der Waals surface area (Å²) in [7, 11) is 0. The van der Waals surface area contributed by atoms with Crippen LogP contribution in [-0.4, -0.2) is 17.7 Å². The molecule has 1 N–H and O–H groups in total. The molecular weight excluding hydrogens is 280 g/mol. The number of benzene rings is 1. The summed E-state index contributed by atoms with van der Waals surface area (Å²) in [6.07, 6.45) is 0.274. The van der Waals surface area contributed by atoms with Gasteiger partial charge in [-0.1, -0.05) is 17.3 Å². The Balaban J connectivity index is 2.00. The van der Waals surface area contributed by atoms with Gasteiger partial charge in [0.2, 0.25) is 5.91 Å². The second-order valence-corrected chi connectivity index (χ2v) is 5.27. The van der Waals surface area contributed by atoms with Crippen molar-refractivity contribution in [2.75, 3.05) is 6.61 Å². The van der Waals surface area contributed by atoms with E-state index in [-0.39, 0.29) is 18.4 Å². The van der Waals surface area contributed by atoms with Crippen LogP contribution in [0.4, 0.5) is 0 Å². The van der Waals surface area contributed by atoms with Gasteiger partial charge in [-0.3, -0.25) is 4.79 Å². The summed E-state index contributed by atoms with van der Waals surface area (Å²) in [4.78, 5) is 12.2. The first-order chi connectivity index (χ1) is 10.5. The van der Waals surface area contributed by atoms with Crippen molar-refractivity contribution in [3.63, 3.8) is 0 Å². The molecule has 0 bridgehead atoms. The highest BCUT2D eigenvalue weighted by molar-refractivity contribution is 5.79. The number of aromatic nitrogens is 1. The van der Waals surface area contributed by atoms with Crippen LogP contribution < -0.4 is 10.1 Å². The Hall–Kier alpha value is -2.30. The average molecular weight is 302 g/mol. The summed E-state index contributed by atoms with van der Waals surface area (Å²) >= 11 is 0. The molecule has 0 radical (unpaired) electrons. The second-order valence-electron chi connectivity index (χ2n) is 5.27. The van der Waals surface area contributed by atoms with Crippen LogP contribution in [0.2, 0.25) is 0 Å². The Morgan fingerprint density at radius 2 is 2.18 bits per heavy atom. The molecule has 5 heteroatoms. The minimum atomic E-state index is -0.0895. The molecule has 22 heavy (non-hydrogen) atoms. The molecule has 5 nitrogen and oxygen atoms in total. The zero-order chi connectivity index (χ0) is 16.1. The Labute approximate surface area is 130 Å². The van der Waals surface area contributed by atoms with Gasteiger partial charge in [-0.25, -0.2) is 0 Å². The van der Waals surface area contributed by atoms with Gasteiger partial charge in [0.1, 0.15) is 11.5 Å². The maximum Gasteiger partial charge on any atom is 0.225 e. The molecule has 118 valence electrons. The van der Waals surface area contributed by atoms with E-state index in [4.69, 9.17) is 9.26 Å². The number of aryl methyl sites for hydroxylation is 2. The molecular formula is C17H22N2O3. The van der Waals surface area contributed by atoms with Gasteiger partial charge in [-0.15, -0.1) is 0 Å². The summed E-state index contributed by atoms with van der Waals surface area (Å²) in [5.41, 5.74) is 2.63. The predicted octanol–water partition coefficient (Wildman–Crippen LogP) is 3.11. The van der Waals surface area contributed by atoms with Gasteiger partial charge >= 0.3 is 0 Å². The summed E-state index contributed by atoms with van der Waals surface area (Å²) in [6, 6.07) is 7.67. The molecule has 0 aliphatic heterocycles. The highest BCUT2D eigenvalue weighted by Crippen LogP contribution is 2.20. The molecule has 1 amide bonds. The largest absolute Gasteiger partial charge is 0.494 e. The third-order valence-electron chi connectivity index (χ3n) is 3.57. The molecule has 0 saturated heterocycles. The van der Waals surface area contributed by atoms with Gasteiger partial charge in [-0.05, 0) is 45.4 Å². The smallest absolute Gasteiger partial charge is 0.225 e. The van der Waals surface area contributed by atoms with Gasteiger partial charge in [0, 0.05) is 5.56 Å². The first-order valence-corrected chi connectivity index (χ1v) is 7.45. The van der Waals surface area contributed by atoms with Crippen molar-refractivity contribution in [3.8, 4) is 5.75 Å². The average Bonchev–Trinajstić information content (AvgIpc) is 2.80. The van der Waals surface area contributed by atoms with E-state index in [0.717, 1.165) is 22.6 Å². The van der Waals surface area contributed by atoms with Crippen molar-refractivity contribution in [1.82, 2.24) is 10.5 Å². The van der Waals surface area contributed by atoms with E-state index in [2.05, 4.69) is 10.5 Å². The van der Waals surface area contributed by atoms with E-state index in [0.29, 0.717) is 12.4 Å².